The average Bonchev–Trinajstić information content (AvgIpc) is 2.94. The number of furan rings is 1. The highest BCUT2D eigenvalue weighted by molar-refractivity contribution is 5.69. The molecule has 17 heavy (non-hydrogen) atoms. The van der Waals surface area contributed by atoms with E-state index in [1.54, 1.807) is 18.7 Å². The molecular weight excluding hydrogens is 210 g/mol. The van der Waals surface area contributed by atoms with Crippen molar-refractivity contribution in [3.05, 3.63) is 67.4 Å². The molecule has 1 aromatic carbocycles. The second-order valence-electron chi connectivity index (χ2n) is 3.83. The van der Waals surface area contributed by atoms with Gasteiger partial charge >= 0.3 is 0 Å². The molecule has 0 fully saturated rings. The number of nitrogens with zero attached hydrogens (tertiary/aromatic N) is 1. The highest BCUT2D eigenvalue weighted by atomic mass is 16.3. The van der Waals surface area contributed by atoms with Crippen LogP contribution in [0.15, 0.2) is 71.8 Å². The first kappa shape index (κ1) is 9.85. The van der Waals surface area contributed by atoms with Crippen molar-refractivity contribution in [1.82, 2.24) is 4.98 Å². The summed E-state index contributed by atoms with van der Waals surface area (Å²) in [5, 5.41) is 0. The minimum Gasteiger partial charge on any atom is -0.472 e. The Morgan fingerprint density at radius 2 is 1.53 bits per heavy atom. The largest absolute Gasteiger partial charge is 0.472 e. The molecule has 0 aliphatic carbocycles. The molecule has 0 N–H and O–H groups in total. The molecule has 0 aliphatic heterocycles. The van der Waals surface area contributed by atoms with Gasteiger partial charge in [-0.2, -0.15) is 0 Å². The minimum atomic E-state index is 1.10. The van der Waals surface area contributed by atoms with Crippen molar-refractivity contribution in [2.75, 3.05) is 0 Å². The molecule has 0 unspecified atom stereocenters. The highest BCUT2D eigenvalue weighted by Crippen LogP contribution is 2.24. The fourth-order valence-electron chi connectivity index (χ4n) is 1.82. The van der Waals surface area contributed by atoms with Crippen LogP contribution in [-0.4, -0.2) is 4.98 Å². The maximum absolute atomic E-state index is 5.07. The fourth-order valence-corrected chi connectivity index (χ4v) is 1.82. The maximum Gasteiger partial charge on any atom is 0.0980 e. The average molecular weight is 221 g/mol. The van der Waals surface area contributed by atoms with Gasteiger partial charge in [-0.25, -0.2) is 0 Å². The lowest BCUT2D eigenvalue weighted by Gasteiger charge is -2.02. The predicted octanol–water partition coefficient (Wildman–Crippen LogP) is 4.01. The molecule has 3 rings (SSSR count). The summed E-state index contributed by atoms with van der Waals surface area (Å²) in [6, 6.07) is 14.3. The van der Waals surface area contributed by atoms with Crippen LogP contribution in [0.4, 0.5) is 0 Å². The third-order valence-corrected chi connectivity index (χ3v) is 2.73. The van der Waals surface area contributed by atoms with Crippen LogP contribution in [0.25, 0.3) is 22.3 Å². The lowest BCUT2D eigenvalue weighted by atomic mass is 10.0. The van der Waals surface area contributed by atoms with Gasteiger partial charge in [0.15, 0.2) is 0 Å². The first-order chi connectivity index (χ1) is 8.43. The third kappa shape index (κ3) is 1.97. The number of hydrogen-bond acceptors (Lipinski definition) is 2. The Labute approximate surface area is 99.6 Å². The Balaban J connectivity index is 1.96. The molecule has 0 amide bonds. The molecule has 0 atom stereocenters. The zero-order valence-electron chi connectivity index (χ0n) is 9.21. The Morgan fingerprint density at radius 3 is 2.12 bits per heavy atom. The van der Waals surface area contributed by atoms with Crippen LogP contribution < -0.4 is 0 Å². The predicted molar refractivity (Wildman–Crippen MR) is 67.4 cm³/mol. The maximum atomic E-state index is 5.07. The van der Waals surface area contributed by atoms with Crippen molar-refractivity contribution in [1.29, 1.82) is 0 Å². The van der Waals surface area contributed by atoms with Crippen molar-refractivity contribution < 1.29 is 4.42 Å². The van der Waals surface area contributed by atoms with E-state index >= 15 is 0 Å². The summed E-state index contributed by atoms with van der Waals surface area (Å²) in [6.45, 7) is 0. The van der Waals surface area contributed by atoms with Gasteiger partial charge in [-0.3, -0.25) is 4.98 Å². The van der Waals surface area contributed by atoms with E-state index in [1.807, 2.05) is 18.3 Å². The Kier molecular flexibility index (Phi) is 2.47. The van der Waals surface area contributed by atoms with Crippen LogP contribution in [0, 0.1) is 0 Å². The van der Waals surface area contributed by atoms with Crippen LogP contribution in [-0.2, 0) is 0 Å². The summed E-state index contributed by atoms with van der Waals surface area (Å²) < 4.78 is 5.07. The number of pyridine rings is 1. The van der Waals surface area contributed by atoms with E-state index in [9.17, 15) is 0 Å². The third-order valence-electron chi connectivity index (χ3n) is 2.73. The molecule has 2 heterocycles. The van der Waals surface area contributed by atoms with Crippen molar-refractivity contribution >= 4 is 0 Å². The lowest BCUT2D eigenvalue weighted by Crippen LogP contribution is -1.79. The van der Waals surface area contributed by atoms with Gasteiger partial charge in [0.2, 0.25) is 0 Å². The van der Waals surface area contributed by atoms with Crippen molar-refractivity contribution in [2.24, 2.45) is 0 Å². The van der Waals surface area contributed by atoms with Gasteiger partial charge in [0.1, 0.15) is 0 Å². The SMILES string of the molecule is c1cncc(-c2ccc(-c3ccoc3)cc2)c1. The second kappa shape index (κ2) is 4.26. The molecule has 2 aromatic heterocycles. The quantitative estimate of drug-likeness (QED) is 0.653. The van der Waals surface area contributed by atoms with E-state index in [1.165, 1.54) is 5.56 Å². The van der Waals surface area contributed by atoms with Crippen molar-refractivity contribution in [3.63, 3.8) is 0 Å². The zero-order chi connectivity index (χ0) is 11.5. The van der Waals surface area contributed by atoms with Crippen LogP contribution in [0.3, 0.4) is 0 Å². The second-order valence-corrected chi connectivity index (χ2v) is 3.83. The van der Waals surface area contributed by atoms with Crippen LogP contribution >= 0.6 is 0 Å². The first-order valence-electron chi connectivity index (χ1n) is 5.46. The molecule has 0 saturated heterocycles. The molecular formula is C15H11NO. The fraction of sp³-hybridized carbons (Fsp3) is 0. The Hall–Kier alpha value is -2.35. The van der Waals surface area contributed by atoms with Gasteiger partial charge in [0.05, 0.1) is 12.5 Å². The Morgan fingerprint density at radius 1 is 0.765 bits per heavy atom. The minimum absolute atomic E-state index is 1.10. The molecule has 0 radical (unpaired) electrons. The van der Waals surface area contributed by atoms with E-state index < -0.39 is 0 Å². The van der Waals surface area contributed by atoms with Crippen molar-refractivity contribution in [2.45, 2.75) is 0 Å². The molecule has 2 heteroatoms. The standard InChI is InChI=1S/C15H11NO/c1-2-14(10-16-8-1)12-3-5-13(6-4-12)15-7-9-17-11-15/h1-11H. The number of aromatic nitrogens is 1. The smallest absolute Gasteiger partial charge is 0.0980 e. The summed E-state index contributed by atoms with van der Waals surface area (Å²) >= 11 is 0. The van der Waals surface area contributed by atoms with Gasteiger partial charge in [0, 0.05) is 18.0 Å². The number of hydrogen-bond donors (Lipinski definition) is 0. The summed E-state index contributed by atoms with van der Waals surface area (Å²) in [5.74, 6) is 0. The highest BCUT2D eigenvalue weighted by Gasteiger charge is 2.00. The van der Waals surface area contributed by atoms with E-state index in [0.29, 0.717) is 0 Å². The normalized spacial score (nSPS) is 10.4. The molecule has 0 bridgehead atoms. The van der Waals surface area contributed by atoms with Crippen LogP contribution in [0.1, 0.15) is 0 Å². The summed E-state index contributed by atoms with van der Waals surface area (Å²) in [6.07, 6.45) is 7.08. The van der Waals surface area contributed by atoms with Crippen LogP contribution in [0.2, 0.25) is 0 Å². The van der Waals surface area contributed by atoms with Gasteiger partial charge in [-0.1, -0.05) is 30.3 Å². The van der Waals surface area contributed by atoms with E-state index in [4.69, 9.17) is 4.42 Å². The zero-order valence-corrected chi connectivity index (χ0v) is 9.21. The van der Waals surface area contributed by atoms with Gasteiger partial charge in [0.25, 0.3) is 0 Å². The molecule has 0 spiro atoms. The molecule has 0 saturated carbocycles. The topological polar surface area (TPSA) is 26.0 Å². The van der Waals surface area contributed by atoms with Crippen molar-refractivity contribution in [3.8, 4) is 22.3 Å². The Bertz CT molecular complexity index is 583. The molecule has 2 nitrogen and oxygen atoms in total. The number of rotatable bonds is 2. The van der Waals surface area contributed by atoms with Gasteiger partial charge < -0.3 is 4.42 Å². The number of benzene rings is 1. The first-order valence-corrected chi connectivity index (χ1v) is 5.46. The lowest BCUT2D eigenvalue weighted by molar-refractivity contribution is 0.568. The van der Waals surface area contributed by atoms with E-state index in [2.05, 4.69) is 35.3 Å². The molecule has 82 valence electrons. The van der Waals surface area contributed by atoms with E-state index in [-0.39, 0.29) is 0 Å². The summed E-state index contributed by atoms with van der Waals surface area (Å²) in [7, 11) is 0. The molecule has 0 aliphatic rings. The summed E-state index contributed by atoms with van der Waals surface area (Å²) in [4.78, 5) is 4.12. The molecule has 3 aromatic rings. The van der Waals surface area contributed by atoms with Gasteiger partial charge in [-0.15, -0.1) is 0 Å². The summed E-state index contributed by atoms with van der Waals surface area (Å²) in [5.41, 5.74) is 4.56. The monoisotopic (exact) mass is 221 g/mol. The van der Waals surface area contributed by atoms with Gasteiger partial charge in [-0.05, 0) is 28.8 Å². The van der Waals surface area contributed by atoms with E-state index in [0.717, 1.165) is 16.7 Å². The van der Waals surface area contributed by atoms with Crippen LogP contribution in [0.5, 0.6) is 0 Å².